The predicted octanol–water partition coefficient (Wildman–Crippen LogP) is 3.87. The zero-order chi connectivity index (χ0) is 15.9. The van der Waals surface area contributed by atoms with Crippen molar-refractivity contribution in [2.45, 2.75) is 0 Å². The van der Waals surface area contributed by atoms with Gasteiger partial charge in [-0.05, 0) is 24.3 Å². The first-order valence-electron chi connectivity index (χ1n) is 6.29. The van der Waals surface area contributed by atoms with Gasteiger partial charge in [0.1, 0.15) is 5.58 Å². The number of carbonyl (C=O) groups is 1. The van der Waals surface area contributed by atoms with Crippen LogP contribution in [0.3, 0.4) is 0 Å². The molecule has 0 fully saturated rings. The van der Waals surface area contributed by atoms with E-state index in [1.165, 1.54) is 12.1 Å². The molecule has 0 radical (unpaired) electrons. The van der Waals surface area contributed by atoms with E-state index in [1.807, 2.05) is 6.07 Å². The molecule has 0 aliphatic heterocycles. The van der Waals surface area contributed by atoms with Gasteiger partial charge in [0.2, 0.25) is 5.91 Å². The first-order valence-corrected chi connectivity index (χ1v) is 7.05. The molecular weight excluding hydrogens is 325 g/mol. The zero-order valence-corrected chi connectivity index (χ0v) is 12.6. The van der Waals surface area contributed by atoms with Gasteiger partial charge in [0.25, 0.3) is 0 Å². The number of fused-ring (bicyclic) bond motifs is 1. The third-order valence-corrected chi connectivity index (χ3v) is 4.05. The number of benzene rings is 2. The molecule has 110 valence electrons. The van der Waals surface area contributed by atoms with E-state index in [2.05, 4.69) is 0 Å². The number of nitrogens with two attached hydrogens (primary N) is 1. The average molecular weight is 334 g/mol. The van der Waals surface area contributed by atoms with Crippen molar-refractivity contribution in [1.29, 1.82) is 0 Å². The molecule has 2 N–H and O–H groups in total. The van der Waals surface area contributed by atoms with Crippen LogP contribution in [0.5, 0.6) is 0 Å². The van der Waals surface area contributed by atoms with Gasteiger partial charge in [-0.1, -0.05) is 41.4 Å². The standard InChI is InChI=1S/C16H9Cl2NO3/c17-12-7-9(15(19)20)6-10(14(12)18)11-5-8-3-1-2-4-13(8)22-16(11)21/h1-7H,(H2,19,20). The van der Waals surface area contributed by atoms with Crippen LogP contribution in [0.25, 0.3) is 22.1 Å². The van der Waals surface area contributed by atoms with Crippen molar-refractivity contribution in [3.63, 3.8) is 0 Å². The molecule has 3 aromatic rings. The number of halogens is 2. The van der Waals surface area contributed by atoms with Crippen LogP contribution in [0, 0.1) is 0 Å². The van der Waals surface area contributed by atoms with Crippen LogP contribution in [0.4, 0.5) is 0 Å². The number of carbonyl (C=O) groups excluding carboxylic acids is 1. The van der Waals surface area contributed by atoms with Crippen molar-refractivity contribution in [3.8, 4) is 11.1 Å². The minimum Gasteiger partial charge on any atom is -0.422 e. The van der Waals surface area contributed by atoms with Crippen LogP contribution in [0.2, 0.25) is 10.0 Å². The minimum absolute atomic E-state index is 0.139. The summed E-state index contributed by atoms with van der Waals surface area (Å²) in [4.78, 5) is 23.6. The Bertz CT molecular complexity index is 963. The predicted molar refractivity (Wildman–Crippen MR) is 86.5 cm³/mol. The van der Waals surface area contributed by atoms with Crippen LogP contribution in [-0.2, 0) is 0 Å². The van der Waals surface area contributed by atoms with E-state index < -0.39 is 11.5 Å². The van der Waals surface area contributed by atoms with Crippen LogP contribution in [-0.4, -0.2) is 5.91 Å². The largest absolute Gasteiger partial charge is 0.422 e. The molecule has 0 aliphatic rings. The third-order valence-electron chi connectivity index (χ3n) is 3.24. The highest BCUT2D eigenvalue weighted by Crippen LogP contribution is 2.34. The Balaban J connectivity index is 2.33. The van der Waals surface area contributed by atoms with E-state index in [4.69, 9.17) is 33.4 Å². The Morgan fingerprint density at radius 2 is 1.77 bits per heavy atom. The summed E-state index contributed by atoms with van der Waals surface area (Å²) in [5.41, 5.74) is 5.85. The Kier molecular flexibility index (Phi) is 3.64. The number of amides is 1. The van der Waals surface area contributed by atoms with E-state index in [0.29, 0.717) is 11.1 Å². The summed E-state index contributed by atoms with van der Waals surface area (Å²) in [6, 6.07) is 11.5. The van der Waals surface area contributed by atoms with E-state index in [1.54, 1.807) is 24.3 Å². The van der Waals surface area contributed by atoms with E-state index in [-0.39, 0.29) is 21.2 Å². The molecule has 1 aromatic heterocycles. The summed E-state index contributed by atoms with van der Waals surface area (Å²) < 4.78 is 5.27. The fourth-order valence-corrected chi connectivity index (χ4v) is 2.61. The zero-order valence-electron chi connectivity index (χ0n) is 11.1. The van der Waals surface area contributed by atoms with E-state index in [9.17, 15) is 9.59 Å². The summed E-state index contributed by atoms with van der Waals surface area (Å²) in [7, 11) is 0. The van der Waals surface area contributed by atoms with Crippen LogP contribution >= 0.6 is 23.2 Å². The topological polar surface area (TPSA) is 73.3 Å². The maximum absolute atomic E-state index is 12.2. The molecule has 0 saturated heterocycles. The Morgan fingerprint density at radius 3 is 2.50 bits per heavy atom. The molecule has 6 heteroatoms. The lowest BCUT2D eigenvalue weighted by Crippen LogP contribution is -2.12. The number of para-hydroxylation sites is 1. The highest BCUT2D eigenvalue weighted by molar-refractivity contribution is 6.44. The van der Waals surface area contributed by atoms with Gasteiger partial charge in [-0.25, -0.2) is 4.79 Å². The summed E-state index contributed by atoms with van der Waals surface area (Å²) in [6.45, 7) is 0. The second kappa shape index (κ2) is 5.48. The molecular formula is C16H9Cl2NO3. The molecule has 1 amide bonds. The Labute approximate surface area is 135 Å². The van der Waals surface area contributed by atoms with Gasteiger partial charge in [-0.15, -0.1) is 0 Å². The van der Waals surface area contributed by atoms with Crippen molar-refractivity contribution < 1.29 is 9.21 Å². The lowest BCUT2D eigenvalue weighted by atomic mass is 10.0. The van der Waals surface area contributed by atoms with E-state index >= 15 is 0 Å². The Morgan fingerprint density at radius 1 is 1.05 bits per heavy atom. The second-order valence-electron chi connectivity index (χ2n) is 4.67. The summed E-state index contributed by atoms with van der Waals surface area (Å²) in [5, 5.41) is 1.03. The third kappa shape index (κ3) is 2.47. The molecule has 4 nitrogen and oxygen atoms in total. The summed E-state index contributed by atoms with van der Waals surface area (Å²) in [5.74, 6) is -0.662. The van der Waals surface area contributed by atoms with Gasteiger partial charge in [0.05, 0.1) is 15.6 Å². The number of rotatable bonds is 2. The van der Waals surface area contributed by atoms with Gasteiger partial charge in [-0.3, -0.25) is 4.79 Å². The normalized spacial score (nSPS) is 10.8. The van der Waals surface area contributed by atoms with E-state index in [0.717, 1.165) is 5.39 Å². The lowest BCUT2D eigenvalue weighted by Gasteiger charge is -2.08. The number of primary amides is 1. The van der Waals surface area contributed by atoms with Gasteiger partial charge in [0, 0.05) is 16.5 Å². The quantitative estimate of drug-likeness (QED) is 0.723. The summed E-state index contributed by atoms with van der Waals surface area (Å²) in [6.07, 6.45) is 0. The lowest BCUT2D eigenvalue weighted by molar-refractivity contribution is 0.100. The fraction of sp³-hybridized carbons (Fsp3) is 0. The molecule has 2 aromatic carbocycles. The van der Waals surface area contributed by atoms with Crippen molar-refractivity contribution in [1.82, 2.24) is 0 Å². The highest BCUT2D eigenvalue weighted by atomic mass is 35.5. The molecule has 22 heavy (non-hydrogen) atoms. The molecule has 3 rings (SSSR count). The minimum atomic E-state index is -0.662. The van der Waals surface area contributed by atoms with Gasteiger partial charge < -0.3 is 10.2 Å². The molecule has 0 bridgehead atoms. The monoisotopic (exact) mass is 333 g/mol. The molecule has 0 saturated carbocycles. The Hall–Kier alpha value is -2.30. The SMILES string of the molecule is NC(=O)c1cc(Cl)c(Cl)c(-c2cc3ccccc3oc2=O)c1. The van der Waals surface area contributed by atoms with Crippen molar-refractivity contribution in [2.75, 3.05) is 0 Å². The average Bonchev–Trinajstić information content (AvgIpc) is 2.49. The second-order valence-corrected chi connectivity index (χ2v) is 5.45. The number of hydrogen-bond donors (Lipinski definition) is 1. The molecule has 0 unspecified atom stereocenters. The number of hydrogen-bond acceptors (Lipinski definition) is 3. The molecule has 0 aliphatic carbocycles. The maximum atomic E-state index is 12.2. The van der Waals surface area contributed by atoms with Gasteiger partial charge in [-0.2, -0.15) is 0 Å². The van der Waals surface area contributed by atoms with Gasteiger partial charge in [0.15, 0.2) is 0 Å². The van der Waals surface area contributed by atoms with Gasteiger partial charge >= 0.3 is 5.63 Å². The molecule has 0 spiro atoms. The summed E-state index contributed by atoms with van der Waals surface area (Å²) >= 11 is 12.2. The van der Waals surface area contributed by atoms with Crippen LogP contribution in [0.1, 0.15) is 10.4 Å². The smallest absolute Gasteiger partial charge is 0.344 e. The fourth-order valence-electron chi connectivity index (χ4n) is 2.18. The molecule has 0 atom stereocenters. The highest BCUT2D eigenvalue weighted by Gasteiger charge is 2.16. The van der Waals surface area contributed by atoms with Crippen LogP contribution < -0.4 is 11.4 Å². The van der Waals surface area contributed by atoms with Crippen molar-refractivity contribution in [3.05, 3.63) is 68.5 Å². The maximum Gasteiger partial charge on any atom is 0.344 e. The van der Waals surface area contributed by atoms with Crippen molar-refractivity contribution in [2.24, 2.45) is 5.73 Å². The molecule has 1 heterocycles. The van der Waals surface area contributed by atoms with Crippen LogP contribution in [0.15, 0.2) is 51.7 Å². The first-order chi connectivity index (χ1) is 10.5. The first kappa shape index (κ1) is 14.6. The van der Waals surface area contributed by atoms with Crippen molar-refractivity contribution >= 4 is 40.1 Å².